The first kappa shape index (κ1) is 16.1. The largest absolute Gasteiger partial charge is 0.465 e. The van der Waals surface area contributed by atoms with Gasteiger partial charge >= 0.3 is 6.09 Å². The normalized spacial score (nSPS) is 16.2. The molecule has 0 radical (unpaired) electrons. The van der Waals surface area contributed by atoms with Crippen molar-refractivity contribution < 1.29 is 9.90 Å². The van der Waals surface area contributed by atoms with Crippen molar-refractivity contribution in [3.05, 3.63) is 23.9 Å². The van der Waals surface area contributed by atoms with Gasteiger partial charge in [0.25, 0.3) is 0 Å². The lowest BCUT2D eigenvalue weighted by Gasteiger charge is -2.43. The lowest BCUT2D eigenvalue weighted by molar-refractivity contribution is 0.0616. The van der Waals surface area contributed by atoms with Gasteiger partial charge in [-0.15, -0.1) is 0 Å². The Kier molecular flexibility index (Phi) is 4.55. The highest BCUT2D eigenvalue weighted by Crippen LogP contribution is 2.26. The van der Waals surface area contributed by atoms with E-state index in [4.69, 9.17) is 5.26 Å². The summed E-state index contributed by atoms with van der Waals surface area (Å²) in [4.78, 5) is 19.5. The van der Waals surface area contributed by atoms with Crippen LogP contribution in [0.3, 0.4) is 0 Å². The van der Waals surface area contributed by atoms with E-state index >= 15 is 0 Å². The molecule has 1 aromatic rings. The van der Waals surface area contributed by atoms with Crippen LogP contribution in [-0.4, -0.2) is 45.8 Å². The number of carbonyl (C=O) groups is 1. The summed E-state index contributed by atoms with van der Waals surface area (Å²) in [5, 5.41) is 18.3. The lowest BCUT2D eigenvalue weighted by atomic mass is 9.97. The van der Waals surface area contributed by atoms with Crippen LogP contribution in [0.4, 0.5) is 10.6 Å². The first-order chi connectivity index (χ1) is 10.3. The Bertz CT molecular complexity index is 563. The van der Waals surface area contributed by atoms with Crippen LogP contribution in [-0.2, 0) is 0 Å². The average Bonchev–Trinajstić information content (AvgIpc) is 2.46. The molecule has 0 bridgehead atoms. The molecule has 0 atom stereocenters. The monoisotopic (exact) mass is 302 g/mol. The molecular formula is C16H22N4O2. The average molecular weight is 302 g/mol. The summed E-state index contributed by atoms with van der Waals surface area (Å²) in [6.07, 6.45) is 2.28. The molecule has 0 aliphatic carbocycles. The molecule has 1 aromatic heterocycles. The number of nitriles is 1. The fourth-order valence-electron chi connectivity index (χ4n) is 2.98. The van der Waals surface area contributed by atoms with Gasteiger partial charge in [0.05, 0.1) is 5.56 Å². The van der Waals surface area contributed by atoms with Crippen LogP contribution in [0.2, 0.25) is 0 Å². The predicted octanol–water partition coefficient (Wildman–Crippen LogP) is 2.70. The Morgan fingerprint density at radius 3 is 2.45 bits per heavy atom. The van der Waals surface area contributed by atoms with E-state index in [9.17, 15) is 9.90 Å². The predicted molar refractivity (Wildman–Crippen MR) is 83.8 cm³/mol. The van der Waals surface area contributed by atoms with Gasteiger partial charge in [-0.05, 0) is 45.7 Å². The van der Waals surface area contributed by atoms with Crippen molar-refractivity contribution in [1.29, 1.82) is 5.26 Å². The van der Waals surface area contributed by atoms with Gasteiger partial charge < -0.3 is 14.9 Å². The molecule has 1 aliphatic heterocycles. The van der Waals surface area contributed by atoms with E-state index < -0.39 is 11.6 Å². The molecule has 0 unspecified atom stereocenters. The van der Waals surface area contributed by atoms with Gasteiger partial charge in [-0.25, -0.2) is 9.78 Å². The fourth-order valence-corrected chi connectivity index (χ4v) is 2.98. The Labute approximate surface area is 131 Å². The quantitative estimate of drug-likeness (QED) is 0.908. The molecule has 0 spiro atoms. The lowest BCUT2D eigenvalue weighted by Crippen LogP contribution is -2.54. The number of pyridine rings is 1. The number of hydrogen-bond acceptors (Lipinski definition) is 4. The maximum absolute atomic E-state index is 11.5. The van der Waals surface area contributed by atoms with Gasteiger partial charge in [0.15, 0.2) is 0 Å². The van der Waals surface area contributed by atoms with Crippen LogP contribution in [0.15, 0.2) is 18.3 Å². The Balaban J connectivity index is 2.03. The molecule has 118 valence electrons. The third-order valence-corrected chi connectivity index (χ3v) is 3.96. The molecule has 6 heteroatoms. The summed E-state index contributed by atoms with van der Waals surface area (Å²) in [5.74, 6) is 0.843. The molecule has 1 saturated heterocycles. The van der Waals surface area contributed by atoms with E-state index in [1.807, 2.05) is 26.8 Å². The number of carboxylic acid groups (broad SMARTS) is 1. The van der Waals surface area contributed by atoms with Crippen LogP contribution in [0.5, 0.6) is 0 Å². The SMILES string of the molecule is CC(C)(C)N(C(=O)O)C1CCN(c2ccc(C#N)cn2)CC1. The number of anilines is 1. The van der Waals surface area contributed by atoms with E-state index in [2.05, 4.69) is 16.0 Å². The maximum atomic E-state index is 11.5. The summed E-state index contributed by atoms with van der Waals surface area (Å²) in [6.45, 7) is 7.31. The van der Waals surface area contributed by atoms with Gasteiger partial charge in [-0.3, -0.25) is 0 Å². The maximum Gasteiger partial charge on any atom is 0.407 e. The van der Waals surface area contributed by atoms with Gasteiger partial charge in [0.2, 0.25) is 0 Å². The summed E-state index contributed by atoms with van der Waals surface area (Å²) in [7, 11) is 0. The van der Waals surface area contributed by atoms with E-state index in [0.29, 0.717) is 5.56 Å². The minimum absolute atomic E-state index is 0.0344. The number of amides is 1. The summed E-state index contributed by atoms with van der Waals surface area (Å²) >= 11 is 0. The van der Waals surface area contributed by atoms with Gasteiger partial charge in [-0.1, -0.05) is 0 Å². The minimum atomic E-state index is -0.859. The minimum Gasteiger partial charge on any atom is -0.465 e. The molecule has 1 aliphatic rings. The van der Waals surface area contributed by atoms with E-state index in [-0.39, 0.29) is 6.04 Å². The molecular weight excluding hydrogens is 280 g/mol. The van der Waals surface area contributed by atoms with E-state index in [0.717, 1.165) is 31.7 Å². The molecule has 1 N–H and O–H groups in total. The second kappa shape index (κ2) is 6.22. The number of piperidine rings is 1. The van der Waals surface area contributed by atoms with E-state index in [1.54, 1.807) is 17.2 Å². The third kappa shape index (κ3) is 3.48. The smallest absolute Gasteiger partial charge is 0.407 e. The topological polar surface area (TPSA) is 80.5 Å². The first-order valence-corrected chi connectivity index (χ1v) is 7.46. The molecule has 2 heterocycles. The molecule has 6 nitrogen and oxygen atoms in total. The van der Waals surface area contributed by atoms with Crippen LogP contribution >= 0.6 is 0 Å². The van der Waals surface area contributed by atoms with E-state index in [1.165, 1.54) is 0 Å². The van der Waals surface area contributed by atoms with Crippen LogP contribution in [0, 0.1) is 11.3 Å². The highest BCUT2D eigenvalue weighted by molar-refractivity contribution is 5.66. The highest BCUT2D eigenvalue weighted by atomic mass is 16.4. The van der Waals surface area contributed by atoms with Gasteiger partial charge in [-0.2, -0.15) is 5.26 Å². The first-order valence-electron chi connectivity index (χ1n) is 7.46. The van der Waals surface area contributed by atoms with Crippen LogP contribution < -0.4 is 4.90 Å². The molecule has 0 saturated carbocycles. The van der Waals surface area contributed by atoms with Crippen LogP contribution in [0.1, 0.15) is 39.2 Å². The third-order valence-electron chi connectivity index (χ3n) is 3.96. The number of nitrogens with zero attached hydrogens (tertiary/aromatic N) is 4. The van der Waals surface area contributed by atoms with Crippen molar-refractivity contribution >= 4 is 11.9 Å². The zero-order valence-electron chi connectivity index (χ0n) is 13.3. The Morgan fingerprint density at radius 2 is 2.05 bits per heavy atom. The molecule has 0 aromatic carbocycles. The standard InChI is InChI=1S/C16H22N4O2/c1-16(2,3)20(15(21)22)13-6-8-19(9-7-13)14-5-4-12(10-17)11-18-14/h4-5,11,13H,6-9H2,1-3H3,(H,21,22). The molecule has 1 amide bonds. The second-order valence-electron chi connectivity index (χ2n) is 6.56. The van der Waals surface area contributed by atoms with Crippen molar-refractivity contribution in [1.82, 2.24) is 9.88 Å². The number of rotatable bonds is 2. The number of aromatic nitrogens is 1. The van der Waals surface area contributed by atoms with Gasteiger partial charge in [0.1, 0.15) is 11.9 Å². The van der Waals surface area contributed by atoms with Crippen molar-refractivity contribution in [3.63, 3.8) is 0 Å². The van der Waals surface area contributed by atoms with Crippen molar-refractivity contribution in [2.75, 3.05) is 18.0 Å². The zero-order valence-corrected chi connectivity index (χ0v) is 13.3. The summed E-state index contributed by atoms with van der Waals surface area (Å²) in [5.41, 5.74) is 0.147. The zero-order chi connectivity index (χ0) is 16.3. The molecule has 22 heavy (non-hydrogen) atoms. The van der Waals surface area contributed by atoms with Crippen molar-refractivity contribution in [3.8, 4) is 6.07 Å². The van der Waals surface area contributed by atoms with Crippen molar-refractivity contribution in [2.45, 2.75) is 45.2 Å². The Hall–Kier alpha value is -2.29. The summed E-state index contributed by atoms with van der Waals surface area (Å²) < 4.78 is 0. The second-order valence-corrected chi connectivity index (χ2v) is 6.56. The van der Waals surface area contributed by atoms with Gasteiger partial charge in [0, 0.05) is 30.9 Å². The highest BCUT2D eigenvalue weighted by Gasteiger charge is 2.35. The van der Waals surface area contributed by atoms with Crippen LogP contribution in [0.25, 0.3) is 0 Å². The number of hydrogen-bond donors (Lipinski definition) is 1. The van der Waals surface area contributed by atoms with Crippen molar-refractivity contribution in [2.24, 2.45) is 0 Å². The fraction of sp³-hybridized carbons (Fsp3) is 0.562. The summed E-state index contributed by atoms with van der Waals surface area (Å²) in [6, 6.07) is 5.69. The Morgan fingerprint density at radius 1 is 1.41 bits per heavy atom. The molecule has 1 fully saturated rings. The molecule has 2 rings (SSSR count).